The van der Waals surface area contributed by atoms with Crippen molar-refractivity contribution in [3.63, 3.8) is 0 Å². The van der Waals surface area contributed by atoms with E-state index in [0.29, 0.717) is 11.2 Å². The molecule has 0 aromatic carbocycles. The van der Waals surface area contributed by atoms with Gasteiger partial charge in [0.15, 0.2) is 5.65 Å². The molecule has 0 atom stereocenters. The average molecular weight is 183 g/mol. The van der Waals surface area contributed by atoms with E-state index in [2.05, 4.69) is 9.97 Å². The van der Waals surface area contributed by atoms with Gasteiger partial charge in [-0.15, -0.1) is 0 Å². The molecule has 0 spiro atoms. The Hall–Kier alpha value is -1.85. The predicted octanol–water partition coefficient (Wildman–Crippen LogP) is -1.04. The highest BCUT2D eigenvalue weighted by atomic mass is 16.3. The lowest BCUT2D eigenvalue weighted by Crippen LogP contribution is -2.36. The number of aryl methyl sites for hydroxylation is 1. The molecule has 2 heterocycles. The third-order valence-corrected chi connectivity index (χ3v) is 2.03. The minimum atomic E-state index is -0.371. The van der Waals surface area contributed by atoms with Gasteiger partial charge in [-0.2, -0.15) is 0 Å². The van der Waals surface area contributed by atoms with E-state index in [1.54, 1.807) is 7.05 Å². The summed E-state index contributed by atoms with van der Waals surface area (Å²) in [6.45, 7) is 0. The highest BCUT2D eigenvalue weighted by molar-refractivity contribution is 5.68. The Morgan fingerprint density at radius 2 is 2.00 bits per heavy atom. The molecule has 0 radical (unpaired) electrons. The Kier molecular flexibility index (Phi) is 1.39. The van der Waals surface area contributed by atoms with Gasteiger partial charge in [-0.3, -0.25) is 13.9 Å². The van der Waals surface area contributed by atoms with Crippen molar-refractivity contribution in [3.8, 4) is 0 Å². The van der Waals surface area contributed by atoms with Gasteiger partial charge >= 0.3 is 5.69 Å². The van der Waals surface area contributed by atoms with Crippen LogP contribution in [0.2, 0.25) is 0 Å². The molecule has 6 nitrogen and oxygen atoms in total. The molecule has 2 rings (SSSR count). The molecule has 2 aromatic rings. The van der Waals surface area contributed by atoms with Crippen LogP contribution in [0.25, 0.3) is 11.2 Å². The first kappa shape index (κ1) is 7.78. The molecule has 0 aliphatic heterocycles. The zero-order valence-electron chi connectivity index (χ0n) is 7.24. The van der Waals surface area contributed by atoms with Crippen molar-refractivity contribution in [3.05, 3.63) is 27.2 Å². The lowest BCUT2D eigenvalue weighted by atomic mass is 10.6. The molecular weight excluding hydrogens is 175 g/mol. The Morgan fingerprint density at radius 1 is 1.31 bits per heavy atom. The van der Waals surface area contributed by atoms with E-state index in [-0.39, 0.29) is 11.2 Å². The second kappa shape index (κ2) is 2.32. The van der Waals surface area contributed by atoms with Gasteiger partial charge in [-0.1, -0.05) is 0 Å². The van der Waals surface area contributed by atoms with Crippen molar-refractivity contribution < 1.29 is 0 Å². The lowest BCUT2D eigenvalue weighted by molar-refractivity contribution is 0.709. The number of nitrogens with one attached hydrogen (secondary N) is 1. The van der Waals surface area contributed by atoms with Crippen LogP contribution in [0.5, 0.6) is 0 Å². The van der Waals surface area contributed by atoms with Gasteiger partial charge in [0.05, 0.1) is 6.33 Å². The molecule has 13 heavy (non-hydrogen) atoms. The van der Waals surface area contributed by atoms with Crippen LogP contribution < -0.4 is 11.2 Å². The first-order chi connectivity index (χ1) is 6.13. The lowest BCUT2D eigenvalue weighted by Gasteiger charge is -2.00. The minimum absolute atomic E-state index is 0.351. The zero-order valence-corrected chi connectivity index (χ0v) is 7.24. The van der Waals surface area contributed by atoms with Crippen molar-refractivity contribution in [2.45, 2.75) is 0 Å². The van der Waals surface area contributed by atoms with Gasteiger partial charge in [0.25, 0.3) is 5.56 Å². The molecular formula is C7H8N4O2. The topological polar surface area (TPSA) is 72.7 Å². The number of fused-ring (bicyclic) bond motifs is 1. The maximum atomic E-state index is 11.4. The van der Waals surface area contributed by atoms with E-state index in [9.17, 15) is 9.59 Å². The summed E-state index contributed by atoms with van der Waals surface area (Å²) in [5.74, 6) is 0. The monoisotopic (exact) mass is 183 g/mol. The number of hydrogen-bond acceptors (Lipinski definition) is 3. The summed E-state index contributed by atoms with van der Waals surface area (Å²) in [4.78, 5) is 29.4. The summed E-state index contributed by atoms with van der Waals surface area (Å²) in [6.07, 6.45) is 1.39. The molecule has 0 saturated carbocycles. The Balaban J connectivity index is 3.21. The van der Waals surface area contributed by atoms with Gasteiger partial charge in [-0.05, 0) is 0 Å². The molecule has 0 aliphatic rings. The molecule has 0 saturated heterocycles. The quantitative estimate of drug-likeness (QED) is 0.567. The molecule has 6 heteroatoms. The minimum Gasteiger partial charge on any atom is -0.339 e. The number of nitrogens with zero attached hydrogens (tertiary/aromatic N) is 3. The van der Waals surface area contributed by atoms with Crippen molar-refractivity contribution in [1.29, 1.82) is 0 Å². The fraction of sp³-hybridized carbons (Fsp3) is 0.286. The number of rotatable bonds is 0. The van der Waals surface area contributed by atoms with Crippen LogP contribution in [0.1, 0.15) is 0 Å². The van der Waals surface area contributed by atoms with Crippen LogP contribution in [-0.2, 0) is 14.1 Å². The van der Waals surface area contributed by atoms with E-state index in [0.717, 1.165) is 4.57 Å². The van der Waals surface area contributed by atoms with E-state index in [4.69, 9.17) is 0 Å². The smallest absolute Gasteiger partial charge is 0.332 e. The Labute approximate surface area is 72.5 Å². The highest BCUT2D eigenvalue weighted by Crippen LogP contribution is 1.97. The fourth-order valence-electron chi connectivity index (χ4n) is 1.27. The van der Waals surface area contributed by atoms with Crippen LogP contribution in [0.4, 0.5) is 0 Å². The molecule has 2 aromatic heterocycles. The van der Waals surface area contributed by atoms with Crippen molar-refractivity contribution in [1.82, 2.24) is 19.1 Å². The molecule has 0 bridgehead atoms. The molecule has 1 N–H and O–H groups in total. The molecule has 68 valence electrons. The number of H-pyrrole nitrogens is 1. The highest BCUT2D eigenvalue weighted by Gasteiger charge is 2.08. The maximum Gasteiger partial charge on any atom is 0.332 e. The van der Waals surface area contributed by atoms with Crippen LogP contribution in [0.3, 0.4) is 0 Å². The molecule has 0 unspecified atom stereocenters. The summed E-state index contributed by atoms with van der Waals surface area (Å²) in [6, 6.07) is 0. The third-order valence-electron chi connectivity index (χ3n) is 2.03. The number of aromatic amines is 1. The number of imidazole rings is 1. The van der Waals surface area contributed by atoms with Gasteiger partial charge < -0.3 is 4.98 Å². The van der Waals surface area contributed by atoms with Gasteiger partial charge in [0, 0.05) is 14.1 Å². The average Bonchev–Trinajstić information content (AvgIpc) is 2.59. The SMILES string of the molecule is C[15n]1c(=O)c2[nH]cnc2[15n](C)[13c]1=O. The van der Waals surface area contributed by atoms with Crippen LogP contribution in [0, 0.1) is 0 Å². The first-order valence-electron chi connectivity index (χ1n) is 3.72. The van der Waals surface area contributed by atoms with E-state index in [1.807, 2.05) is 0 Å². The molecule has 0 aliphatic carbocycles. The summed E-state index contributed by atoms with van der Waals surface area (Å²) >= 11 is 0. The van der Waals surface area contributed by atoms with Gasteiger partial charge in [0.1, 0.15) is 5.52 Å². The standard InChI is InChI=1S/C7H8N4O2/c1-10-5-4(8-3-9-5)6(12)11(2)7(10)13/h3H,1-2H3,(H,8,9)/i7+1,10+1,11+1. The summed E-state index contributed by atoms with van der Waals surface area (Å²) in [5, 5.41) is 0. The van der Waals surface area contributed by atoms with Crippen molar-refractivity contribution >= 4 is 11.2 Å². The van der Waals surface area contributed by atoms with E-state index in [1.165, 1.54) is 17.9 Å². The first-order valence-corrected chi connectivity index (χ1v) is 3.72. The predicted molar refractivity (Wildman–Crippen MR) is 46.6 cm³/mol. The van der Waals surface area contributed by atoms with Gasteiger partial charge in [-0.25, -0.2) is 9.78 Å². The van der Waals surface area contributed by atoms with Crippen molar-refractivity contribution in [2.24, 2.45) is 14.1 Å². The molecule has 0 fully saturated rings. The Bertz CT molecular complexity index is 574. The normalized spacial score (nSPS) is 10.9. The summed E-state index contributed by atoms with van der Waals surface area (Å²) < 4.78 is 2.37. The van der Waals surface area contributed by atoms with Crippen LogP contribution >= 0.6 is 0 Å². The molecule has 0 amide bonds. The summed E-state index contributed by atoms with van der Waals surface area (Å²) in [7, 11) is 3.01. The largest absolute Gasteiger partial charge is 0.339 e. The third kappa shape index (κ3) is 0.851. The second-order valence-corrected chi connectivity index (χ2v) is 2.81. The fourth-order valence-corrected chi connectivity index (χ4v) is 1.27. The second-order valence-electron chi connectivity index (χ2n) is 2.81. The van der Waals surface area contributed by atoms with Crippen LogP contribution in [0.15, 0.2) is 15.9 Å². The maximum absolute atomic E-state index is 11.4. The van der Waals surface area contributed by atoms with E-state index < -0.39 is 0 Å². The van der Waals surface area contributed by atoms with Crippen molar-refractivity contribution in [2.75, 3.05) is 0 Å². The number of hydrogen-bond donors (Lipinski definition) is 1. The summed E-state index contributed by atoms with van der Waals surface area (Å²) in [5.41, 5.74) is 0.0119. The number of aromatic nitrogens is 4. The Morgan fingerprint density at radius 3 is 2.69 bits per heavy atom. The van der Waals surface area contributed by atoms with E-state index >= 15 is 0 Å². The van der Waals surface area contributed by atoms with Crippen LogP contribution in [-0.4, -0.2) is 19.1 Å². The zero-order chi connectivity index (χ0) is 9.59. The van der Waals surface area contributed by atoms with Gasteiger partial charge in [0.2, 0.25) is 0 Å².